The van der Waals surface area contributed by atoms with Gasteiger partial charge in [0.1, 0.15) is 0 Å². The average molecular weight is 393 g/mol. The van der Waals surface area contributed by atoms with Crippen molar-refractivity contribution in [1.82, 2.24) is 9.78 Å². The molecule has 0 aliphatic heterocycles. The molecule has 0 fully saturated rings. The van der Waals surface area contributed by atoms with Crippen molar-refractivity contribution in [2.75, 3.05) is 0 Å². The molecule has 136 valence electrons. The van der Waals surface area contributed by atoms with Crippen LogP contribution in [0.2, 0.25) is 10.0 Å². The molecule has 1 heterocycles. The Kier molecular flexibility index (Phi) is 5.51. The maximum Gasteiger partial charge on any atom is 0.303 e. The van der Waals surface area contributed by atoms with Gasteiger partial charge in [-0.25, -0.2) is 0 Å². The third kappa shape index (κ3) is 3.85. The maximum atomic E-state index is 10.7. The van der Waals surface area contributed by atoms with Gasteiger partial charge in [-0.2, -0.15) is 5.10 Å². The summed E-state index contributed by atoms with van der Waals surface area (Å²) in [5.74, 6) is -0.931. The third-order valence-corrected chi connectivity index (χ3v) is 5.05. The Morgan fingerprint density at radius 3 is 2.58 bits per heavy atom. The van der Waals surface area contributed by atoms with Crippen molar-refractivity contribution < 1.29 is 15.0 Å². The van der Waals surface area contributed by atoms with Crippen LogP contribution in [0.4, 0.5) is 0 Å². The number of carboxylic acids is 1. The largest absolute Gasteiger partial charge is 0.481 e. The van der Waals surface area contributed by atoms with Crippen LogP contribution in [0.5, 0.6) is 0 Å². The van der Waals surface area contributed by atoms with Crippen molar-refractivity contribution in [3.63, 3.8) is 0 Å². The normalized spacial score (nSPS) is 12.5. The minimum absolute atomic E-state index is 0.0906. The molecule has 0 radical (unpaired) electrons. The van der Waals surface area contributed by atoms with Crippen LogP contribution < -0.4 is 0 Å². The number of benzene rings is 2. The standard InChI is InChI=1S/C19H18Cl2N2O3/c1-11-13-6-5-12(18(24)7-8-19(25)26)9-17(13)23(22-11)10-14-15(20)3-2-4-16(14)21/h2-6,9,18,24H,7-8,10H2,1H3,(H,25,26). The SMILES string of the molecule is Cc1nn(Cc2c(Cl)cccc2Cl)c2cc(C(O)CCC(=O)O)ccc12. The number of nitrogens with zero attached hydrogens (tertiary/aromatic N) is 2. The van der Waals surface area contributed by atoms with Crippen LogP contribution in [-0.4, -0.2) is 26.0 Å². The monoisotopic (exact) mass is 392 g/mol. The summed E-state index contributed by atoms with van der Waals surface area (Å²) in [7, 11) is 0. The highest BCUT2D eigenvalue weighted by molar-refractivity contribution is 6.36. The number of carbonyl (C=O) groups is 1. The summed E-state index contributed by atoms with van der Waals surface area (Å²) < 4.78 is 1.80. The Hall–Kier alpha value is -2.08. The number of aromatic nitrogens is 2. The summed E-state index contributed by atoms with van der Waals surface area (Å²) in [4.78, 5) is 10.7. The van der Waals surface area contributed by atoms with Crippen LogP contribution in [0.15, 0.2) is 36.4 Å². The van der Waals surface area contributed by atoms with Crippen molar-refractivity contribution in [1.29, 1.82) is 0 Å². The molecule has 2 aromatic carbocycles. The molecular weight excluding hydrogens is 375 g/mol. The Balaban J connectivity index is 1.98. The maximum absolute atomic E-state index is 10.7. The minimum atomic E-state index is -0.931. The fraction of sp³-hybridized carbons (Fsp3) is 0.263. The molecule has 26 heavy (non-hydrogen) atoms. The van der Waals surface area contributed by atoms with Gasteiger partial charge in [-0.3, -0.25) is 9.48 Å². The van der Waals surface area contributed by atoms with Gasteiger partial charge in [-0.1, -0.05) is 41.4 Å². The Morgan fingerprint density at radius 1 is 1.23 bits per heavy atom. The fourth-order valence-corrected chi connectivity index (χ4v) is 3.46. The van der Waals surface area contributed by atoms with E-state index in [1.807, 2.05) is 19.1 Å². The van der Waals surface area contributed by atoms with Gasteiger partial charge in [0.25, 0.3) is 0 Å². The molecular formula is C19H18Cl2N2O3. The summed E-state index contributed by atoms with van der Waals surface area (Å²) in [6.45, 7) is 2.31. The van der Waals surface area contributed by atoms with E-state index >= 15 is 0 Å². The van der Waals surface area contributed by atoms with Gasteiger partial charge in [0, 0.05) is 27.4 Å². The molecule has 7 heteroatoms. The van der Waals surface area contributed by atoms with Gasteiger partial charge >= 0.3 is 5.97 Å². The lowest BCUT2D eigenvalue weighted by Gasteiger charge is -2.12. The molecule has 3 rings (SSSR count). The molecule has 1 aromatic heterocycles. The van der Waals surface area contributed by atoms with Crippen LogP contribution in [-0.2, 0) is 11.3 Å². The zero-order chi connectivity index (χ0) is 18.8. The second-order valence-corrected chi connectivity index (χ2v) is 6.98. The van der Waals surface area contributed by atoms with Crippen molar-refractivity contribution in [3.8, 4) is 0 Å². The molecule has 2 N–H and O–H groups in total. The number of aliphatic hydroxyl groups excluding tert-OH is 1. The summed E-state index contributed by atoms with van der Waals surface area (Å²) in [6, 6.07) is 10.9. The number of fused-ring (bicyclic) bond motifs is 1. The first-order valence-electron chi connectivity index (χ1n) is 8.16. The molecule has 0 saturated carbocycles. The molecule has 1 unspecified atom stereocenters. The van der Waals surface area contributed by atoms with Crippen LogP contribution >= 0.6 is 23.2 Å². The lowest BCUT2D eigenvalue weighted by atomic mass is 10.0. The number of hydrogen-bond acceptors (Lipinski definition) is 3. The molecule has 0 saturated heterocycles. The van der Waals surface area contributed by atoms with E-state index in [1.54, 1.807) is 28.9 Å². The Labute approximate surface area is 160 Å². The van der Waals surface area contributed by atoms with Crippen molar-refractivity contribution in [2.45, 2.75) is 32.4 Å². The summed E-state index contributed by atoms with van der Waals surface area (Å²) >= 11 is 12.5. The summed E-state index contributed by atoms with van der Waals surface area (Å²) in [5, 5.41) is 25.7. The first-order valence-corrected chi connectivity index (χ1v) is 8.92. The Morgan fingerprint density at radius 2 is 1.92 bits per heavy atom. The van der Waals surface area contributed by atoms with Crippen molar-refractivity contribution in [2.24, 2.45) is 0 Å². The zero-order valence-corrected chi connectivity index (χ0v) is 15.6. The Bertz CT molecular complexity index is 949. The minimum Gasteiger partial charge on any atom is -0.481 e. The van der Waals surface area contributed by atoms with Gasteiger partial charge in [0.2, 0.25) is 0 Å². The predicted molar refractivity (Wildman–Crippen MR) is 102 cm³/mol. The first-order chi connectivity index (χ1) is 12.4. The van der Waals surface area contributed by atoms with E-state index < -0.39 is 12.1 Å². The summed E-state index contributed by atoms with van der Waals surface area (Å²) in [6.07, 6.45) is -0.778. The predicted octanol–water partition coefficient (Wildman–Crippen LogP) is 4.60. The highest BCUT2D eigenvalue weighted by Crippen LogP contribution is 2.29. The van der Waals surface area contributed by atoms with Crippen LogP contribution in [0.25, 0.3) is 10.9 Å². The number of aliphatic carboxylic acids is 1. The van der Waals surface area contributed by atoms with Gasteiger partial charge in [0.05, 0.1) is 23.9 Å². The molecule has 0 aliphatic carbocycles. The zero-order valence-electron chi connectivity index (χ0n) is 14.1. The van der Waals surface area contributed by atoms with E-state index in [4.69, 9.17) is 28.3 Å². The lowest BCUT2D eigenvalue weighted by molar-refractivity contribution is -0.137. The molecule has 0 spiro atoms. The first kappa shape index (κ1) is 18.7. The van der Waals surface area contributed by atoms with Crippen LogP contribution in [0.3, 0.4) is 0 Å². The number of carboxylic acid groups (broad SMARTS) is 1. The lowest BCUT2D eigenvalue weighted by Crippen LogP contribution is -2.05. The highest BCUT2D eigenvalue weighted by Gasteiger charge is 2.15. The molecule has 1 atom stereocenters. The van der Waals surface area contributed by atoms with E-state index in [9.17, 15) is 9.90 Å². The molecule has 0 amide bonds. The molecule has 0 aliphatic rings. The third-order valence-electron chi connectivity index (χ3n) is 4.35. The fourth-order valence-electron chi connectivity index (χ4n) is 2.94. The van der Waals surface area contributed by atoms with Gasteiger partial charge in [0.15, 0.2) is 0 Å². The number of rotatable bonds is 6. The highest BCUT2D eigenvalue weighted by atomic mass is 35.5. The van der Waals surface area contributed by atoms with Crippen molar-refractivity contribution in [3.05, 3.63) is 63.3 Å². The number of hydrogen-bond donors (Lipinski definition) is 2. The number of halogens is 2. The van der Waals surface area contributed by atoms with Gasteiger partial charge in [-0.15, -0.1) is 0 Å². The van der Waals surface area contributed by atoms with Crippen LogP contribution in [0, 0.1) is 6.92 Å². The second-order valence-electron chi connectivity index (χ2n) is 6.17. The van der Waals surface area contributed by atoms with E-state index in [-0.39, 0.29) is 12.8 Å². The average Bonchev–Trinajstić information content (AvgIpc) is 2.91. The van der Waals surface area contributed by atoms with E-state index in [0.717, 1.165) is 22.2 Å². The van der Waals surface area contributed by atoms with E-state index in [1.165, 1.54) is 0 Å². The van der Waals surface area contributed by atoms with Crippen molar-refractivity contribution >= 4 is 40.1 Å². The molecule has 5 nitrogen and oxygen atoms in total. The van der Waals surface area contributed by atoms with E-state index in [2.05, 4.69) is 5.10 Å². The second kappa shape index (κ2) is 7.66. The summed E-state index contributed by atoms with van der Waals surface area (Å²) in [5.41, 5.74) is 3.13. The molecule has 3 aromatic rings. The topological polar surface area (TPSA) is 75.3 Å². The number of aryl methyl sites for hydroxylation is 1. The van der Waals surface area contributed by atoms with E-state index in [0.29, 0.717) is 22.2 Å². The smallest absolute Gasteiger partial charge is 0.303 e. The van der Waals surface area contributed by atoms with Crippen LogP contribution in [0.1, 0.15) is 35.8 Å². The quantitative estimate of drug-likeness (QED) is 0.642. The van der Waals surface area contributed by atoms with Gasteiger partial charge < -0.3 is 10.2 Å². The molecule has 0 bridgehead atoms. The van der Waals surface area contributed by atoms with Gasteiger partial charge in [-0.05, 0) is 37.1 Å². The number of aliphatic hydroxyl groups is 1.